The molecule has 0 aliphatic heterocycles. The molecule has 0 unspecified atom stereocenters. The molecule has 2 N–H and O–H groups in total. The fraction of sp³-hybridized carbons (Fsp3) is 0.136. The van der Waals surface area contributed by atoms with Crippen LogP contribution in [0.4, 0.5) is 5.69 Å². The van der Waals surface area contributed by atoms with Gasteiger partial charge in [0.05, 0.1) is 16.8 Å². The number of amides is 2. The van der Waals surface area contributed by atoms with Gasteiger partial charge < -0.3 is 10.6 Å². The fourth-order valence-corrected chi connectivity index (χ4v) is 2.65. The zero-order valence-corrected chi connectivity index (χ0v) is 15.1. The molecule has 0 saturated carbocycles. The van der Waals surface area contributed by atoms with Gasteiger partial charge in [-0.1, -0.05) is 42.5 Å². The van der Waals surface area contributed by atoms with Gasteiger partial charge in [-0.25, -0.2) is 0 Å². The van der Waals surface area contributed by atoms with Gasteiger partial charge in [0.25, 0.3) is 11.8 Å². The van der Waals surface area contributed by atoms with Crippen molar-refractivity contribution in [3.8, 4) is 0 Å². The quantitative estimate of drug-likeness (QED) is 0.706. The van der Waals surface area contributed by atoms with Gasteiger partial charge in [-0.05, 0) is 43.2 Å². The van der Waals surface area contributed by atoms with Crippen molar-refractivity contribution in [3.05, 3.63) is 95.3 Å². The summed E-state index contributed by atoms with van der Waals surface area (Å²) >= 11 is 0. The lowest BCUT2D eigenvalue weighted by atomic mass is 10.1. The second-order valence-corrected chi connectivity index (χ2v) is 6.18. The topological polar surface area (TPSA) is 71.1 Å². The molecule has 0 radical (unpaired) electrons. The summed E-state index contributed by atoms with van der Waals surface area (Å²) in [7, 11) is 0. The van der Waals surface area contributed by atoms with Crippen LogP contribution in [0.2, 0.25) is 0 Å². The highest BCUT2D eigenvalue weighted by Crippen LogP contribution is 2.16. The van der Waals surface area contributed by atoms with Crippen molar-refractivity contribution in [2.45, 2.75) is 13.3 Å². The minimum atomic E-state index is -0.299. The Kier molecular flexibility index (Phi) is 5.94. The van der Waals surface area contributed by atoms with Gasteiger partial charge in [-0.3, -0.25) is 14.6 Å². The zero-order chi connectivity index (χ0) is 19.1. The van der Waals surface area contributed by atoms with E-state index in [1.807, 2.05) is 37.3 Å². The molecular weight excluding hydrogens is 338 g/mol. The van der Waals surface area contributed by atoms with Gasteiger partial charge in [-0.15, -0.1) is 0 Å². The molecule has 0 atom stereocenters. The van der Waals surface area contributed by atoms with E-state index in [-0.39, 0.29) is 11.8 Å². The Bertz CT molecular complexity index is 922. The average Bonchev–Trinajstić information content (AvgIpc) is 2.69. The van der Waals surface area contributed by atoms with Crippen molar-refractivity contribution in [3.63, 3.8) is 0 Å². The van der Waals surface area contributed by atoms with Gasteiger partial charge >= 0.3 is 0 Å². The van der Waals surface area contributed by atoms with Crippen molar-refractivity contribution in [1.82, 2.24) is 10.3 Å². The standard InChI is InChI=1S/C22H21N3O2/c1-16-11-12-18(15-24-16)21(26)25-20-10-6-5-9-19(20)22(27)23-14-13-17-7-3-2-4-8-17/h2-12,15H,13-14H2,1H3,(H,23,27)(H,25,26). The molecule has 0 spiro atoms. The average molecular weight is 359 g/mol. The third-order valence-electron chi connectivity index (χ3n) is 4.14. The lowest BCUT2D eigenvalue weighted by molar-refractivity contribution is 0.0955. The van der Waals surface area contributed by atoms with E-state index in [2.05, 4.69) is 15.6 Å². The number of nitrogens with zero attached hydrogens (tertiary/aromatic N) is 1. The second-order valence-electron chi connectivity index (χ2n) is 6.18. The number of benzene rings is 2. The van der Waals surface area contributed by atoms with E-state index in [1.165, 1.54) is 6.20 Å². The summed E-state index contributed by atoms with van der Waals surface area (Å²) in [6, 6.07) is 20.4. The summed E-state index contributed by atoms with van der Waals surface area (Å²) in [5.41, 5.74) is 3.34. The summed E-state index contributed by atoms with van der Waals surface area (Å²) in [5.74, 6) is -0.518. The molecule has 5 heteroatoms. The third-order valence-corrected chi connectivity index (χ3v) is 4.14. The monoisotopic (exact) mass is 359 g/mol. The molecule has 2 amide bonds. The first-order valence-corrected chi connectivity index (χ1v) is 8.78. The van der Waals surface area contributed by atoms with E-state index < -0.39 is 0 Å². The first kappa shape index (κ1) is 18.3. The first-order valence-electron chi connectivity index (χ1n) is 8.78. The molecule has 2 aromatic carbocycles. The highest BCUT2D eigenvalue weighted by Gasteiger charge is 2.14. The molecule has 1 aromatic heterocycles. The van der Waals surface area contributed by atoms with Crippen LogP contribution >= 0.6 is 0 Å². The molecule has 5 nitrogen and oxygen atoms in total. The SMILES string of the molecule is Cc1ccc(C(=O)Nc2ccccc2C(=O)NCCc2ccccc2)cn1. The molecular formula is C22H21N3O2. The molecule has 3 aromatic rings. The Morgan fingerprint density at radius 3 is 2.37 bits per heavy atom. The molecule has 0 saturated heterocycles. The van der Waals surface area contributed by atoms with Crippen LogP contribution in [0.5, 0.6) is 0 Å². The van der Waals surface area contributed by atoms with Crippen LogP contribution in [0.3, 0.4) is 0 Å². The van der Waals surface area contributed by atoms with Gasteiger partial charge in [0.1, 0.15) is 0 Å². The van der Waals surface area contributed by atoms with Gasteiger partial charge in [-0.2, -0.15) is 0 Å². The predicted molar refractivity (Wildman–Crippen MR) is 106 cm³/mol. The molecule has 0 aliphatic carbocycles. The van der Waals surface area contributed by atoms with Crippen molar-refractivity contribution in [2.75, 3.05) is 11.9 Å². The summed E-state index contributed by atoms with van der Waals surface area (Å²) in [4.78, 5) is 29.1. The molecule has 0 fully saturated rings. The van der Waals surface area contributed by atoms with E-state index in [0.717, 1.165) is 17.7 Å². The Morgan fingerprint density at radius 1 is 0.889 bits per heavy atom. The number of carbonyl (C=O) groups is 2. The number of hydrogen-bond acceptors (Lipinski definition) is 3. The maximum Gasteiger partial charge on any atom is 0.257 e. The number of pyridine rings is 1. The van der Waals surface area contributed by atoms with Crippen LogP contribution in [0, 0.1) is 6.92 Å². The predicted octanol–water partition coefficient (Wildman–Crippen LogP) is 3.61. The van der Waals surface area contributed by atoms with E-state index >= 15 is 0 Å². The number of aryl methyl sites for hydroxylation is 1. The van der Waals surface area contributed by atoms with Crippen LogP contribution in [0.1, 0.15) is 32.0 Å². The minimum absolute atomic E-state index is 0.219. The number of anilines is 1. The van der Waals surface area contributed by atoms with Crippen molar-refractivity contribution >= 4 is 17.5 Å². The Labute approximate surface area is 158 Å². The van der Waals surface area contributed by atoms with E-state index in [1.54, 1.807) is 36.4 Å². The molecule has 136 valence electrons. The number of rotatable bonds is 6. The van der Waals surface area contributed by atoms with Gasteiger partial charge in [0.2, 0.25) is 0 Å². The number of aromatic nitrogens is 1. The lowest BCUT2D eigenvalue weighted by Gasteiger charge is -2.11. The van der Waals surface area contributed by atoms with Gasteiger partial charge in [0.15, 0.2) is 0 Å². The van der Waals surface area contributed by atoms with E-state index in [9.17, 15) is 9.59 Å². The molecule has 0 aliphatic rings. The number of para-hydroxylation sites is 1. The number of carbonyl (C=O) groups excluding carboxylic acids is 2. The summed E-state index contributed by atoms with van der Waals surface area (Å²) in [6.45, 7) is 2.38. The Morgan fingerprint density at radius 2 is 1.63 bits per heavy atom. The molecule has 0 bridgehead atoms. The Hall–Kier alpha value is -3.47. The summed E-state index contributed by atoms with van der Waals surface area (Å²) in [6.07, 6.45) is 2.27. The maximum absolute atomic E-state index is 12.5. The van der Waals surface area contributed by atoms with Crippen molar-refractivity contribution in [2.24, 2.45) is 0 Å². The van der Waals surface area contributed by atoms with Crippen molar-refractivity contribution in [1.29, 1.82) is 0 Å². The Balaban J connectivity index is 1.65. The zero-order valence-electron chi connectivity index (χ0n) is 15.1. The highest BCUT2D eigenvalue weighted by molar-refractivity contribution is 6.08. The van der Waals surface area contributed by atoms with Crippen LogP contribution in [-0.2, 0) is 6.42 Å². The number of hydrogen-bond donors (Lipinski definition) is 2. The minimum Gasteiger partial charge on any atom is -0.352 e. The summed E-state index contributed by atoms with van der Waals surface area (Å²) < 4.78 is 0. The van der Waals surface area contributed by atoms with E-state index in [4.69, 9.17) is 0 Å². The molecule has 1 heterocycles. The van der Waals surface area contributed by atoms with Crippen LogP contribution in [0.15, 0.2) is 72.9 Å². The van der Waals surface area contributed by atoms with Crippen molar-refractivity contribution < 1.29 is 9.59 Å². The largest absolute Gasteiger partial charge is 0.352 e. The van der Waals surface area contributed by atoms with Crippen LogP contribution < -0.4 is 10.6 Å². The van der Waals surface area contributed by atoms with Crippen LogP contribution in [0.25, 0.3) is 0 Å². The second kappa shape index (κ2) is 8.76. The number of nitrogens with one attached hydrogen (secondary N) is 2. The smallest absolute Gasteiger partial charge is 0.257 e. The lowest BCUT2D eigenvalue weighted by Crippen LogP contribution is -2.27. The van der Waals surface area contributed by atoms with Gasteiger partial charge in [0, 0.05) is 18.4 Å². The van der Waals surface area contributed by atoms with Crippen LogP contribution in [-0.4, -0.2) is 23.3 Å². The molecule has 3 rings (SSSR count). The summed E-state index contributed by atoms with van der Waals surface area (Å²) in [5, 5.41) is 5.70. The fourth-order valence-electron chi connectivity index (χ4n) is 2.65. The third kappa shape index (κ3) is 5.01. The highest BCUT2D eigenvalue weighted by atomic mass is 16.2. The first-order chi connectivity index (χ1) is 13.1. The molecule has 27 heavy (non-hydrogen) atoms. The maximum atomic E-state index is 12.5. The normalized spacial score (nSPS) is 10.3. The van der Waals surface area contributed by atoms with E-state index in [0.29, 0.717) is 23.4 Å².